The molecule has 0 atom stereocenters. The monoisotopic (exact) mass is 300 g/mol. The van der Waals surface area contributed by atoms with E-state index in [1.54, 1.807) is 0 Å². The Morgan fingerprint density at radius 2 is 1.68 bits per heavy atom. The zero-order chi connectivity index (χ0) is 16.3. The van der Waals surface area contributed by atoms with Gasteiger partial charge in [-0.2, -0.15) is 0 Å². The van der Waals surface area contributed by atoms with Crippen molar-refractivity contribution in [3.8, 4) is 0 Å². The summed E-state index contributed by atoms with van der Waals surface area (Å²) in [7, 11) is -0.329. The van der Waals surface area contributed by atoms with E-state index in [4.69, 9.17) is 9.31 Å². The fourth-order valence-electron chi connectivity index (χ4n) is 3.01. The lowest BCUT2D eigenvalue weighted by atomic mass is 9.79. The molecule has 1 saturated heterocycles. The van der Waals surface area contributed by atoms with Gasteiger partial charge in [0.05, 0.1) is 22.2 Å². The van der Waals surface area contributed by atoms with Gasteiger partial charge in [-0.15, -0.1) is 0 Å². The highest BCUT2D eigenvalue weighted by molar-refractivity contribution is 6.62. The van der Waals surface area contributed by atoms with Gasteiger partial charge in [-0.25, -0.2) is 4.98 Å². The maximum absolute atomic E-state index is 6.15. The number of aromatic nitrogens is 2. The maximum atomic E-state index is 6.15. The lowest BCUT2D eigenvalue weighted by molar-refractivity contribution is 0.00578. The molecule has 1 aliphatic heterocycles. The smallest absolute Gasteiger partial charge is 0.399 e. The quantitative estimate of drug-likeness (QED) is 0.799. The van der Waals surface area contributed by atoms with Gasteiger partial charge in [0.1, 0.15) is 5.82 Å². The van der Waals surface area contributed by atoms with Crippen molar-refractivity contribution < 1.29 is 9.31 Å². The Hall–Kier alpha value is -1.33. The largest absolute Gasteiger partial charge is 0.494 e. The Morgan fingerprint density at radius 3 is 2.23 bits per heavy atom. The summed E-state index contributed by atoms with van der Waals surface area (Å²) in [4.78, 5) is 4.64. The van der Waals surface area contributed by atoms with Gasteiger partial charge in [0.15, 0.2) is 0 Å². The second kappa shape index (κ2) is 4.83. The molecule has 22 heavy (non-hydrogen) atoms. The van der Waals surface area contributed by atoms with Gasteiger partial charge >= 0.3 is 7.12 Å². The third-order valence-corrected chi connectivity index (χ3v) is 4.93. The van der Waals surface area contributed by atoms with E-state index >= 15 is 0 Å². The molecule has 0 saturated carbocycles. The standard InChI is InChI=1S/C17H25BN2O2/c1-11(2)20-12(3)19-14-9-8-13(10-15(14)20)18-21-16(4,5)17(6,7)22-18/h8-11H,1-7H3. The Bertz CT molecular complexity index is 703. The van der Waals surface area contributed by atoms with E-state index in [1.807, 2.05) is 0 Å². The van der Waals surface area contributed by atoms with Gasteiger partial charge in [-0.1, -0.05) is 6.07 Å². The van der Waals surface area contributed by atoms with Crippen LogP contribution in [0.3, 0.4) is 0 Å². The van der Waals surface area contributed by atoms with E-state index in [9.17, 15) is 0 Å². The first-order valence-corrected chi connectivity index (χ1v) is 7.96. The van der Waals surface area contributed by atoms with Crippen LogP contribution in [0.2, 0.25) is 0 Å². The van der Waals surface area contributed by atoms with Crippen molar-refractivity contribution in [3.05, 3.63) is 24.0 Å². The summed E-state index contributed by atoms with van der Waals surface area (Å²) in [5.74, 6) is 1.04. The molecule has 118 valence electrons. The van der Waals surface area contributed by atoms with E-state index in [2.05, 4.69) is 76.2 Å². The van der Waals surface area contributed by atoms with Crippen molar-refractivity contribution in [2.45, 2.75) is 65.7 Å². The average Bonchev–Trinajstić information content (AvgIpc) is 2.81. The maximum Gasteiger partial charge on any atom is 0.494 e. The van der Waals surface area contributed by atoms with E-state index < -0.39 is 0 Å². The molecule has 1 aromatic heterocycles. The van der Waals surface area contributed by atoms with Crippen LogP contribution in [0.25, 0.3) is 11.0 Å². The number of fused-ring (bicyclic) bond motifs is 1. The van der Waals surface area contributed by atoms with Gasteiger partial charge in [0.2, 0.25) is 0 Å². The van der Waals surface area contributed by atoms with Gasteiger partial charge in [-0.3, -0.25) is 0 Å². The van der Waals surface area contributed by atoms with Crippen molar-refractivity contribution in [2.24, 2.45) is 0 Å². The summed E-state index contributed by atoms with van der Waals surface area (Å²) in [6, 6.07) is 6.64. The molecule has 1 aromatic carbocycles. The SMILES string of the molecule is Cc1nc2ccc(B3OC(C)(C)C(C)(C)O3)cc2n1C(C)C. The van der Waals surface area contributed by atoms with Crippen LogP contribution in [0.5, 0.6) is 0 Å². The first-order valence-electron chi connectivity index (χ1n) is 7.96. The molecule has 2 aromatic rings. The van der Waals surface area contributed by atoms with Crippen LogP contribution >= 0.6 is 0 Å². The van der Waals surface area contributed by atoms with E-state index in [-0.39, 0.29) is 18.3 Å². The molecule has 0 amide bonds. The van der Waals surface area contributed by atoms with Crippen molar-refractivity contribution >= 4 is 23.6 Å². The predicted octanol–water partition coefficient (Wildman–Crippen LogP) is 3.22. The van der Waals surface area contributed by atoms with Crippen molar-refractivity contribution in [1.29, 1.82) is 0 Å². The number of hydrogen-bond acceptors (Lipinski definition) is 3. The second-order valence-corrected chi connectivity index (χ2v) is 7.46. The number of hydrogen-bond donors (Lipinski definition) is 0. The van der Waals surface area contributed by atoms with Crippen LogP contribution in [-0.2, 0) is 9.31 Å². The zero-order valence-corrected chi connectivity index (χ0v) is 14.6. The molecule has 2 heterocycles. The van der Waals surface area contributed by atoms with Crippen LogP contribution in [0.15, 0.2) is 18.2 Å². The average molecular weight is 300 g/mol. The molecule has 5 heteroatoms. The molecule has 0 bridgehead atoms. The third kappa shape index (κ3) is 2.27. The zero-order valence-electron chi connectivity index (χ0n) is 14.6. The normalized spacial score (nSPS) is 20.3. The van der Waals surface area contributed by atoms with Crippen LogP contribution in [0.1, 0.15) is 53.4 Å². The highest BCUT2D eigenvalue weighted by Gasteiger charge is 2.51. The van der Waals surface area contributed by atoms with Crippen molar-refractivity contribution in [3.63, 3.8) is 0 Å². The highest BCUT2D eigenvalue weighted by atomic mass is 16.7. The molecule has 1 aliphatic rings. The van der Waals surface area contributed by atoms with E-state index in [0.29, 0.717) is 6.04 Å². The molecule has 0 radical (unpaired) electrons. The number of nitrogens with zero attached hydrogens (tertiary/aromatic N) is 2. The minimum Gasteiger partial charge on any atom is -0.399 e. The summed E-state index contributed by atoms with van der Waals surface area (Å²) in [5, 5.41) is 0. The molecule has 0 spiro atoms. The fraction of sp³-hybridized carbons (Fsp3) is 0.588. The number of aryl methyl sites for hydroxylation is 1. The lowest BCUT2D eigenvalue weighted by Gasteiger charge is -2.32. The first kappa shape index (κ1) is 15.6. The predicted molar refractivity (Wildman–Crippen MR) is 90.6 cm³/mol. The van der Waals surface area contributed by atoms with Crippen molar-refractivity contribution in [1.82, 2.24) is 9.55 Å². The third-order valence-electron chi connectivity index (χ3n) is 4.93. The van der Waals surface area contributed by atoms with Gasteiger partial charge < -0.3 is 13.9 Å². The summed E-state index contributed by atoms with van der Waals surface area (Å²) < 4.78 is 14.6. The molecule has 0 unspecified atom stereocenters. The Labute approximate surface area is 133 Å². The van der Waals surface area contributed by atoms with Crippen LogP contribution in [0, 0.1) is 6.92 Å². The lowest BCUT2D eigenvalue weighted by Crippen LogP contribution is -2.41. The van der Waals surface area contributed by atoms with Crippen LogP contribution in [0.4, 0.5) is 0 Å². The molecule has 0 aliphatic carbocycles. The van der Waals surface area contributed by atoms with E-state index in [1.165, 1.54) is 0 Å². The minimum absolute atomic E-state index is 0.319. The second-order valence-electron chi connectivity index (χ2n) is 7.46. The topological polar surface area (TPSA) is 36.3 Å². The van der Waals surface area contributed by atoms with Crippen molar-refractivity contribution in [2.75, 3.05) is 0 Å². The highest BCUT2D eigenvalue weighted by Crippen LogP contribution is 2.36. The molecule has 4 nitrogen and oxygen atoms in total. The van der Waals surface area contributed by atoms with E-state index in [0.717, 1.165) is 22.3 Å². The van der Waals surface area contributed by atoms with Gasteiger partial charge in [0.25, 0.3) is 0 Å². The first-order chi connectivity index (χ1) is 10.1. The Balaban J connectivity index is 2.05. The summed E-state index contributed by atoms with van der Waals surface area (Å²) >= 11 is 0. The summed E-state index contributed by atoms with van der Waals surface area (Å²) in [6.07, 6.45) is 0. The fourth-order valence-corrected chi connectivity index (χ4v) is 3.01. The summed E-state index contributed by atoms with van der Waals surface area (Å²) in [5.41, 5.74) is 2.57. The molecular weight excluding hydrogens is 275 g/mol. The molecule has 1 fully saturated rings. The molecular formula is C17H25BN2O2. The minimum atomic E-state index is -0.329. The Kier molecular flexibility index (Phi) is 3.42. The molecule has 0 N–H and O–H groups in total. The van der Waals surface area contributed by atoms with Crippen LogP contribution in [-0.4, -0.2) is 27.9 Å². The Morgan fingerprint density at radius 1 is 1.09 bits per heavy atom. The molecule has 3 rings (SSSR count). The van der Waals surface area contributed by atoms with Gasteiger partial charge in [-0.05, 0) is 66.1 Å². The van der Waals surface area contributed by atoms with Crippen LogP contribution < -0.4 is 5.46 Å². The summed E-state index contributed by atoms with van der Waals surface area (Å²) in [6.45, 7) is 14.7. The van der Waals surface area contributed by atoms with Gasteiger partial charge in [0, 0.05) is 6.04 Å². The number of imidazole rings is 1. The number of rotatable bonds is 2. The number of benzene rings is 1.